The number of aromatic nitrogens is 1. The number of ether oxygens (including phenoxy) is 1. The summed E-state index contributed by atoms with van der Waals surface area (Å²) in [6.07, 6.45) is 0. The number of hydrogen-bond acceptors (Lipinski definition) is 4. The number of carboxylic acids is 1. The predicted molar refractivity (Wildman–Crippen MR) is 35.2 cm³/mol. The van der Waals surface area contributed by atoms with Crippen LogP contribution in [0.15, 0.2) is 11.4 Å². The number of hydrogen-bond donors (Lipinski definition) is 1. The first-order valence-electron chi connectivity index (χ1n) is 2.54. The molecule has 54 valence electrons. The van der Waals surface area contributed by atoms with E-state index in [1.54, 1.807) is 11.4 Å². The van der Waals surface area contributed by atoms with E-state index in [0.29, 0.717) is 5.88 Å². The average molecular weight is 159 g/mol. The highest BCUT2D eigenvalue weighted by atomic mass is 32.1. The molecule has 1 aromatic rings. The predicted octanol–water partition coefficient (Wildman–Crippen LogP) is 0.607. The molecule has 0 radical (unpaired) electrons. The van der Waals surface area contributed by atoms with Crippen molar-refractivity contribution in [2.45, 2.75) is 0 Å². The first-order valence-corrected chi connectivity index (χ1v) is 3.37. The molecule has 0 saturated heterocycles. The topological polar surface area (TPSA) is 59.4 Å². The fraction of sp³-hybridized carbons (Fsp3) is 0.200. The highest BCUT2D eigenvalue weighted by molar-refractivity contribution is 7.03. The quantitative estimate of drug-likeness (QED) is 0.701. The van der Waals surface area contributed by atoms with Crippen LogP contribution < -0.4 is 4.74 Å². The van der Waals surface area contributed by atoms with Crippen LogP contribution in [-0.4, -0.2) is 22.1 Å². The van der Waals surface area contributed by atoms with Gasteiger partial charge < -0.3 is 9.84 Å². The molecule has 4 nitrogen and oxygen atoms in total. The Labute approximate surface area is 61.2 Å². The second-order valence-electron chi connectivity index (χ2n) is 1.52. The molecule has 10 heavy (non-hydrogen) atoms. The fourth-order valence-corrected chi connectivity index (χ4v) is 0.867. The molecule has 0 aliphatic carbocycles. The molecule has 1 heterocycles. The number of carboxylic acid groups (broad SMARTS) is 1. The van der Waals surface area contributed by atoms with Gasteiger partial charge in [0.15, 0.2) is 6.61 Å². The van der Waals surface area contributed by atoms with Crippen molar-refractivity contribution in [1.29, 1.82) is 0 Å². The van der Waals surface area contributed by atoms with Gasteiger partial charge in [0, 0.05) is 11.4 Å². The van der Waals surface area contributed by atoms with Gasteiger partial charge in [-0.2, -0.15) is 4.37 Å². The van der Waals surface area contributed by atoms with Crippen LogP contribution in [-0.2, 0) is 4.79 Å². The molecular weight excluding hydrogens is 154 g/mol. The van der Waals surface area contributed by atoms with Crippen LogP contribution >= 0.6 is 11.5 Å². The van der Waals surface area contributed by atoms with Crippen molar-refractivity contribution in [2.75, 3.05) is 6.61 Å². The molecule has 0 aliphatic heterocycles. The number of nitrogens with zero attached hydrogens (tertiary/aromatic N) is 1. The zero-order valence-corrected chi connectivity index (χ0v) is 5.80. The van der Waals surface area contributed by atoms with Crippen LogP contribution in [0.4, 0.5) is 0 Å². The monoisotopic (exact) mass is 159 g/mol. The zero-order chi connectivity index (χ0) is 7.40. The van der Waals surface area contributed by atoms with Crippen molar-refractivity contribution >= 4 is 17.5 Å². The van der Waals surface area contributed by atoms with Crippen molar-refractivity contribution in [2.24, 2.45) is 0 Å². The molecule has 0 aliphatic rings. The maximum atomic E-state index is 9.95. The molecule has 0 spiro atoms. The molecule has 0 saturated carbocycles. The summed E-state index contributed by atoms with van der Waals surface area (Å²) in [5.41, 5.74) is 0. The summed E-state index contributed by atoms with van der Waals surface area (Å²) >= 11 is 1.22. The molecule has 1 N–H and O–H groups in total. The van der Waals surface area contributed by atoms with Crippen LogP contribution in [0.5, 0.6) is 5.88 Å². The summed E-state index contributed by atoms with van der Waals surface area (Å²) in [5, 5.41) is 9.88. The summed E-state index contributed by atoms with van der Waals surface area (Å²) in [5.74, 6) is -0.625. The summed E-state index contributed by atoms with van der Waals surface area (Å²) in [4.78, 5) is 9.95. The molecule has 0 amide bonds. The van der Waals surface area contributed by atoms with Gasteiger partial charge in [0.1, 0.15) is 0 Å². The Morgan fingerprint density at radius 3 is 3.20 bits per heavy atom. The van der Waals surface area contributed by atoms with Gasteiger partial charge >= 0.3 is 5.97 Å². The van der Waals surface area contributed by atoms with Gasteiger partial charge in [0.25, 0.3) is 0 Å². The van der Waals surface area contributed by atoms with Gasteiger partial charge in [-0.05, 0) is 11.5 Å². The third kappa shape index (κ3) is 2.02. The largest absolute Gasteiger partial charge is 0.479 e. The Balaban J connectivity index is 2.35. The first kappa shape index (κ1) is 7.01. The third-order valence-corrected chi connectivity index (χ3v) is 1.30. The lowest BCUT2D eigenvalue weighted by Gasteiger charge is -1.94. The minimum atomic E-state index is -0.993. The zero-order valence-electron chi connectivity index (χ0n) is 4.98. The Hall–Kier alpha value is -1.10. The highest BCUT2D eigenvalue weighted by Gasteiger charge is 1.98. The van der Waals surface area contributed by atoms with E-state index >= 15 is 0 Å². The standard InChI is InChI=1S/C5H5NO3S/c7-5(8)3-9-4-1-2-10-6-4/h1-2H,3H2,(H,7,8). The number of aliphatic carboxylic acids is 1. The Bertz CT molecular complexity index is 209. The van der Waals surface area contributed by atoms with Crippen molar-refractivity contribution < 1.29 is 14.6 Å². The summed E-state index contributed by atoms with van der Waals surface area (Å²) < 4.78 is 8.45. The Morgan fingerprint density at radius 2 is 2.70 bits per heavy atom. The van der Waals surface area contributed by atoms with Crippen LogP contribution in [0, 0.1) is 0 Å². The van der Waals surface area contributed by atoms with E-state index < -0.39 is 5.97 Å². The van der Waals surface area contributed by atoms with E-state index in [1.807, 2.05) is 0 Å². The van der Waals surface area contributed by atoms with E-state index in [1.165, 1.54) is 11.5 Å². The van der Waals surface area contributed by atoms with Crippen molar-refractivity contribution in [1.82, 2.24) is 4.37 Å². The third-order valence-electron chi connectivity index (χ3n) is 0.758. The van der Waals surface area contributed by atoms with E-state index in [2.05, 4.69) is 4.37 Å². The van der Waals surface area contributed by atoms with Crippen LogP contribution in [0.1, 0.15) is 0 Å². The Kier molecular flexibility index (Phi) is 2.22. The lowest BCUT2D eigenvalue weighted by molar-refractivity contribution is -0.139. The van der Waals surface area contributed by atoms with E-state index in [9.17, 15) is 4.79 Å². The SMILES string of the molecule is O=C(O)COc1ccsn1. The van der Waals surface area contributed by atoms with Crippen LogP contribution in [0.25, 0.3) is 0 Å². The van der Waals surface area contributed by atoms with Gasteiger partial charge in [-0.1, -0.05) is 0 Å². The number of rotatable bonds is 3. The van der Waals surface area contributed by atoms with Crippen LogP contribution in [0.2, 0.25) is 0 Å². The van der Waals surface area contributed by atoms with Gasteiger partial charge in [-0.25, -0.2) is 4.79 Å². The van der Waals surface area contributed by atoms with Crippen molar-refractivity contribution in [3.63, 3.8) is 0 Å². The maximum Gasteiger partial charge on any atom is 0.341 e. The molecular formula is C5H5NO3S. The van der Waals surface area contributed by atoms with Gasteiger partial charge in [-0.3, -0.25) is 0 Å². The maximum absolute atomic E-state index is 9.95. The van der Waals surface area contributed by atoms with E-state index in [4.69, 9.17) is 9.84 Å². The minimum absolute atomic E-state index is 0.330. The molecule has 0 aromatic carbocycles. The van der Waals surface area contributed by atoms with E-state index in [-0.39, 0.29) is 6.61 Å². The normalized spacial score (nSPS) is 9.20. The van der Waals surface area contributed by atoms with Gasteiger partial charge in [-0.15, -0.1) is 0 Å². The van der Waals surface area contributed by atoms with Crippen molar-refractivity contribution in [3.8, 4) is 5.88 Å². The number of carbonyl (C=O) groups is 1. The highest BCUT2D eigenvalue weighted by Crippen LogP contribution is 2.07. The molecule has 0 atom stereocenters. The summed E-state index contributed by atoms with van der Waals surface area (Å²) in [6.45, 7) is -0.330. The average Bonchev–Trinajstić information content (AvgIpc) is 2.34. The van der Waals surface area contributed by atoms with Gasteiger partial charge in [0.05, 0.1) is 0 Å². The smallest absolute Gasteiger partial charge is 0.341 e. The first-order chi connectivity index (χ1) is 4.79. The molecule has 0 bridgehead atoms. The van der Waals surface area contributed by atoms with Crippen molar-refractivity contribution in [3.05, 3.63) is 11.4 Å². The molecule has 1 rings (SSSR count). The fourth-order valence-electron chi connectivity index (χ4n) is 0.412. The van der Waals surface area contributed by atoms with E-state index in [0.717, 1.165) is 0 Å². The van der Waals surface area contributed by atoms with Gasteiger partial charge in [0.2, 0.25) is 5.88 Å². The molecule has 0 fully saturated rings. The minimum Gasteiger partial charge on any atom is -0.479 e. The molecule has 1 aromatic heterocycles. The lowest BCUT2D eigenvalue weighted by Crippen LogP contribution is -2.09. The van der Waals surface area contributed by atoms with Crippen LogP contribution in [0.3, 0.4) is 0 Å². The lowest BCUT2D eigenvalue weighted by atomic mass is 10.7. The Morgan fingerprint density at radius 1 is 1.90 bits per heavy atom. The molecule has 5 heteroatoms. The summed E-state index contributed by atoms with van der Waals surface area (Å²) in [7, 11) is 0. The molecule has 0 unspecified atom stereocenters. The second-order valence-corrected chi connectivity index (χ2v) is 2.19. The second kappa shape index (κ2) is 3.17. The summed E-state index contributed by atoms with van der Waals surface area (Å²) in [6, 6.07) is 1.62.